The van der Waals surface area contributed by atoms with E-state index in [1.165, 1.54) is 7.11 Å². The van der Waals surface area contributed by atoms with E-state index >= 15 is 0 Å². The molecule has 0 amide bonds. The van der Waals surface area contributed by atoms with E-state index in [4.69, 9.17) is 9.79 Å². The maximum absolute atomic E-state index is 7.76. The largest absolute Gasteiger partial charge is 2.00 e. The van der Waals surface area contributed by atoms with Crippen molar-refractivity contribution in [2.24, 2.45) is 0 Å². The minimum absolute atomic E-state index is 0. The van der Waals surface area contributed by atoms with Gasteiger partial charge >= 0.3 is 46.3 Å². The Bertz CT molecular complexity index is 31.2. The van der Waals surface area contributed by atoms with Gasteiger partial charge in [-0.2, -0.15) is 0 Å². The molecule has 5 heteroatoms. The van der Waals surface area contributed by atoms with Crippen molar-refractivity contribution in [3.05, 3.63) is 0 Å². The van der Waals surface area contributed by atoms with Crippen molar-refractivity contribution < 1.29 is 17.2 Å². The maximum atomic E-state index is 7.76. The molecule has 0 rings (SSSR count). The topological polar surface area (TPSA) is 49.7 Å². The molecule has 0 aromatic carbocycles. The normalized spacial score (nSPS) is 8.00. The second-order valence-electron chi connectivity index (χ2n) is 0.435. The van der Waals surface area contributed by atoms with Crippen molar-refractivity contribution in [1.29, 1.82) is 0 Å². The van der Waals surface area contributed by atoms with Crippen molar-refractivity contribution in [2.75, 3.05) is 7.11 Å². The number of rotatable bonds is 1. The summed E-state index contributed by atoms with van der Waals surface area (Å²) in [6, 6.07) is 0. The predicted octanol–water partition coefficient (Wildman–Crippen LogP) is -0.312. The first-order valence-corrected chi connectivity index (χ1v) is 2.16. The number of hydrogen-bond acceptors (Lipinski definition) is 3. The maximum Gasteiger partial charge on any atom is 2.00 e. The zero-order valence-electron chi connectivity index (χ0n) is 5.46. The molecule has 0 spiro atoms. The molecule has 0 heterocycles. The van der Waals surface area contributed by atoms with E-state index in [-0.39, 0.29) is 40.6 Å². The Morgan fingerprint density at radius 1 is 1.67 bits per heavy atom. The van der Waals surface area contributed by atoms with Gasteiger partial charge in [0, 0.05) is 7.11 Å². The third-order valence-corrected chi connectivity index (χ3v) is 0.490. The SMILES string of the molecule is COP(O)O.[Ca+2].[H-].[H-]. The molecule has 0 aliphatic heterocycles. The molecule has 3 nitrogen and oxygen atoms in total. The van der Waals surface area contributed by atoms with Gasteiger partial charge in [0.05, 0.1) is 0 Å². The third kappa shape index (κ3) is 9.13. The molecular weight excluding hydrogens is 131 g/mol. The fourth-order valence-electron chi connectivity index (χ4n) is 0. The van der Waals surface area contributed by atoms with Gasteiger partial charge < -0.3 is 17.2 Å². The molecule has 36 valence electrons. The van der Waals surface area contributed by atoms with Crippen LogP contribution >= 0.6 is 8.60 Å². The molecule has 0 radical (unpaired) electrons. The summed E-state index contributed by atoms with van der Waals surface area (Å²) >= 11 is 0. The smallest absolute Gasteiger partial charge is 1.00 e. The Morgan fingerprint density at radius 3 is 1.83 bits per heavy atom. The number of hydrogen-bond donors (Lipinski definition) is 2. The molecule has 0 fully saturated rings. The van der Waals surface area contributed by atoms with E-state index < -0.39 is 8.60 Å². The third-order valence-electron chi connectivity index (χ3n) is 0.163. The Kier molecular flexibility index (Phi) is 11.5. The van der Waals surface area contributed by atoms with Crippen LogP contribution in [-0.2, 0) is 4.52 Å². The molecule has 0 bridgehead atoms. The average molecular weight is 138 g/mol. The van der Waals surface area contributed by atoms with E-state index in [0.29, 0.717) is 0 Å². The molecular formula is CH7CaO3P. The van der Waals surface area contributed by atoms with Gasteiger partial charge in [-0.1, -0.05) is 0 Å². The quantitative estimate of drug-likeness (QED) is 0.386. The summed E-state index contributed by atoms with van der Waals surface area (Å²) in [6.45, 7) is 0. The van der Waals surface area contributed by atoms with Crippen LogP contribution in [0.4, 0.5) is 0 Å². The second-order valence-corrected chi connectivity index (χ2v) is 1.31. The first-order valence-electron chi connectivity index (χ1n) is 0.991. The summed E-state index contributed by atoms with van der Waals surface area (Å²) in [6.07, 6.45) is 0. The average Bonchev–Trinajstić information content (AvgIpc) is 1.38. The van der Waals surface area contributed by atoms with Gasteiger partial charge in [-0.25, -0.2) is 0 Å². The van der Waals surface area contributed by atoms with Crippen molar-refractivity contribution in [2.45, 2.75) is 0 Å². The van der Waals surface area contributed by atoms with Crippen molar-refractivity contribution in [3.63, 3.8) is 0 Å². The molecule has 0 unspecified atom stereocenters. The van der Waals surface area contributed by atoms with Crippen molar-refractivity contribution >= 4 is 46.3 Å². The molecule has 0 aromatic rings. The van der Waals surface area contributed by atoms with Gasteiger partial charge in [-0.3, -0.25) is 0 Å². The molecule has 0 atom stereocenters. The summed E-state index contributed by atoms with van der Waals surface area (Å²) in [5.74, 6) is 0. The Balaban J connectivity index is -0.0000000267. The first-order chi connectivity index (χ1) is 2.27. The van der Waals surface area contributed by atoms with Crippen LogP contribution in [0.15, 0.2) is 0 Å². The van der Waals surface area contributed by atoms with E-state index in [1.807, 2.05) is 0 Å². The van der Waals surface area contributed by atoms with Crippen LogP contribution in [-0.4, -0.2) is 54.6 Å². The van der Waals surface area contributed by atoms with E-state index in [0.717, 1.165) is 0 Å². The summed E-state index contributed by atoms with van der Waals surface area (Å²) in [7, 11) is -0.870. The minimum Gasteiger partial charge on any atom is -1.00 e. The fraction of sp³-hybridized carbons (Fsp3) is 1.00. The van der Waals surface area contributed by atoms with Gasteiger partial charge in [0.2, 0.25) is 0 Å². The fourth-order valence-corrected chi connectivity index (χ4v) is 0. The molecule has 0 aromatic heterocycles. The van der Waals surface area contributed by atoms with Crippen LogP contribution in [0.2, 0.25) is 0 Å². The standard InChI is InChI=1S/CH5O3P.Ca.2H/c1-4-5(2)3;;;/h2-3H,1H3;;;/q;+2;2*-1. The zero-order chi connectivity index (χ0) is 4.28. The molecule has 0 aliphatic rings. The van der Waals surface area contributed by atoms with E-state index in [2.05, 4.69) is 4.52 Å². The van der Waals surface area contributed by atoms with Crippen LogP contribution in [0, 0.1) is 0 Å². The van der Waals surface area contributed by atoms with Crippen LogP contribution in [0.5, 0.6) is 0 Å². The van der Waals surface area contributed by atoms with Gasteiger partial charge in [-0.15, -0.1) is 0 Å². The summed E-state index contributed by atoms with van der Waals surface area (Å²) in [4.78, 5) is 15.5. The molecule has 0 saturated heterocycles. The van der Waals surface area contributed by atoms with Crippen LogP contribution in [0.3, 0.4) is 0 Å². The van der Waals surface area contributed by atoms with Crippen molar-refractivity contribution in [3.8, 4) is 0 Å². The summed E-state index contributed by atoms with van der Waals surface area (Å²) in [5.41, 5.74) is 0. The van der Waals surface area contributed by atoms with Gasteiger partial charge in [0.15, 0.2) is 0 Å². The molecule has 0 saturated carbocycles. The summed E-state index contributed by atoms with van der Waals surface area (Å²) in [5, 5.41) is 0. The van der Waals surface area contributed by atoms with Gasteiger partial charge in [-0.05, 0) is 0 Å². The Morgan fingerprint density at radius 2 is 1.83 bits per heavy atom. The molecule has 6 heavy (non-hydrogen) atoms. The second kappa shape index (κ2) is 6.57. The van der Waals surface area contributed by atoms with Gasteiger partial charge in [0.1, 0.15) is 0 Å². The Hall–Kier alpha value is 1.57. The zero-order valence-corrected chi connectivity index (χ0v) is 6.56. The van der Waals surface area contributed by atoms with E-state index in [1.54, 1.807) is 0 Å². The van der Waals surface area contributed by atoms with Gasteiger partial charge in [0.25, 0.3) is 0 Å². The predicted molar refractivity (Wildman–Crippen MR) is 26.3 cm³/mol. The van der Waals surface area contributed by atoms with Crippen LogP contribution < -0.4 is 0 Å². The Labute approximate surface area is 70.3 Å². The van der Waals surface area contributed by atoms with E-state index in [9.17, 15) is 0 Å². The van der Waals surface area contributed by atoms with Crippen LogP contribution in [0.1, 0.15) is 2.85 Å². The van der Waals surface area contributed by atoms with Crippen LogP contribution in [0.25, 0.3) is 0 Å². The minimum atomic E-state index is -2.10. The monoisotopic (exact) mass is 138 g/mol. The molecule has 2 N–H and O–H groups in total. The molecule has 0 aliphatic carbocycles. The first kappa shape index (κ1) is 10.5. The van der Waals surface area contributed by atoms with Crippen molar-refractivity contribution in [1.82, 2.24) is 0 Å². The summed E-state index contributed by atoms with van der Waals surface area (Å²) < 4.78 is 3.93.